The number of ether oxygens (including phenoxy) is 1. The highest BCUT2D eigenvalue weighted by Crippen LogP contribution is 2.32. The van der Waals surface area contributed by atoms with Crippen molar-refractivity contribution in [2.75, 3.05) is 38.7 Å². The highest BCUT2D eigenvalue weighted by atomic mass is 19.1. The minimum atomic E-state index is -1.14. The maximum Gasteiger partial charge on any atom is 0.244 e. The third-order valence-electron chi connectivity index (χ3n) is 5.79. The monoisotopic (exact) mass is 439 g/mol. The Bertz CT molecular complexity index is 1250. The SMILES string of the molecule is COc1nc(N[C@H]2CCN(CCF)C[C@@H]2F)nn2ccc(-c3ccc4nccnc4c3)c12. The molecule has 0 bridgehead atoms. The Balaban J connectivity index is 1.45. The molecule has 0 aliphatic carbocycles. The number of piperidine rings is 1. The molecule has 2 atom stereocenters. The van der Waals surface area contributed by atoms with Gasteiger partial charge in [-0.2, -0.15) is 4.98 Å². The van der Waals surface area contributed by atoms with Crippen molar-refractivity contribution < 1.29 is 13.5 Å². The van der Waals surface area contributed by atoms with Crippen molar-refractivity contribution in [3.63, 3.8) is 0 Å². The van der Waals surface area contributed by atoms with E-state index in [9.17, 15) is 8.78 Å². The number of alkyl halides is 2. The zero-order valence-electron chi connectivity index (χ0n) is 17.6. The molecular weight excluding hydrogens is 416 g/mol. The van der Waals surface area contributed by atoms with Crippen LogP contribution in [0.25, 0.3) is 27.7 Å². The van der Waals surface area contributed by atoms with Gasteiger partial charge in [-0.25, -0.2) is 13.3 Å². The Morgan fingerprint density at radius 2 is 2.03 bits per heavy atom. The van der Waals surface area contributed by atoms with Gasteiger partial charge in [0.1, 0.15) is 18.4 Å². The zero-order chi connectivity index (χ0) is 22.1. The van der Waals surface area contributed by atoms with Gasteiger partial charge in [-0.05, 0) is 30.2 Å². The van der Waals surface area contributed by atoms with Gasteiger partial charge in [0, 0.05) is 43.8 Å². The molecule has 4 heterocycles. The van der Waals surface area contributed by atoms with Crippen LogP contribution in [0.15, 0.2) is 42.9 Å². The lowest BCUT2D eigenvalue weighted by molar-refractivity contribution is 0.120. The van der Waals surface area contributed by atoms with Gasteiger partial charge in [0.15, 0.2) is 0 Å². The third-order valence-corrected chi connectivity index (χ3v) is 5.79. The largest absolute Gasteiger partial charge is 0.479 e. The van der Waals surface area contributed by atoms with Gasteiger partial charge in [0.25, 0.3) is 0 Å². The van der Waals surface area contributed by atoms with E-state index >= 15 is 0 Å². The predicted molar refractivity (Wildman–Crippen MR) is 117 cm³/mol. The molecule has 10 heteroatoms. The summed E-state index contributed by atoms with van der Waals surface area (Å²) in [5.74, 6) is 0.666. The van der Waals surface area contributed by atoms with Crippen LogP contribution >= 0.6 is 0 Å². The molecule has 8 nitrogen and oxygen atoms in total. The smallest absolute Gasteiger partial charge is 0.244 e. The lowest BCUT2D eigenvalue weighted by Gasteiger charge is -2.34. The Morgan fingerprint density at radius 3 is 2.81 bits per heavy atom. The summed E-state index contributed by atoms with van der Waals surface area (Å²) >= 11 is 0. The molecule has 1 saturated heterocycles. The second kappa shape index (κ2) is 8.62. The first-order chi connectivity index (χ1) is 15.7. The molecular formula is C22H23F2N7O. The summed E-state index contributed by atoms with van der Waals surface area (Å²) < 4.78 is 34.4. The van der Waals surface area contributed by atoms with Crippen LogP contribution in [0.1, 0.15) is 6.42 Å². The lowest BCUT2D eigenvalue weighted by atomic mass is 10.0. The van der Waals surface area contributed by atoms with E-state index in [1.807, 2.05) is 30.5 Å². The van der Waals surface area contributed by atoms with Crippen LogP contribution in [0.2, 0.25) is 0 Å². The summed E-state index contributed by atoms with van der Waals surface area (Å²) in [4.78, 5) is 15.0. The summed E-state index contributed by atoms with van der Waals surface area (Å²) in [7, 11) is 1.54. The van der Waals surface area contributed by atoms with Crippen LogP contribution < -0.4 is 10.1 Å². The van der Waals surface area contributed by atoms with Gasteiger partial charge >= 0.3 is 0 Å². The third kappa shape index (κ3) is 3.81. The van der Waals surface area contributed by atoms with Gasteiger partial charge in [-0.15, -0.1) is 5.10 Å². The van der Waals surface area contributed by atoms with Crippen LogP contribution in [0.3, 0.4) is 0 Å². The van der Waals surface area contributed by atoms with Crippen LogP contribution in [-0.2, 0) is 0 Å². The van der Waals surface area contributed by atoms with Crippen molar-refractivity contribution >= 4 is 22.5 Å². The van der Waals surface area contributed by atoms with Crippen molar-refractivity contribution in [3.8, 4) is 17.0 Å². The Hall–Kier alpha value is -3.40. The molecule has 1 aromatic carbocycles. The molecule has 5 rings (SSSR count). The summed E-state index contributed by atoms with van der Waals surface area (Å²) in [6, 6.07) is 7.34. The van der Waals surface area contributed by atoms with E-state index in [0.29, 0.717) is 24.4 Å². The molecule has 0 saturated carbocycles. The number of nitrogens with zero attached hydrogens (tertiary/aromatic N) is 6. The number of fused-ring (bicyclic) bond motifs is 2. The topological polar surface area (TPSA) is 80.5 Å². The van der Waals surface area contributed by atoms with E-state index in [1.165, 1.54) is 0 Å². The number of halogens is 2. The summed E-state index contributed by atoms with van der Waals surface area (Å²) in [5, 5.41) is 7.62. The number of likely N-dealkylation sites (tertiary alicyclic amines) is 1. The van der Waals surface area contributed by atoms with Crippen molar-refractivity contribution in [2.45, 2.75) is 18.6 Å². The zero-order valence-corrected chi connectivity index (χ0v) is 17.6. The van der Waals surface area contributed by atoms with E-state index in [-0.39, 0.29) is 19.0 Å². The molecule has 1 aliphatic rings. The van der Waals surface area contributed by atoms with Gasteiger partial charge in [-0.3, -0.25) is 14.9 Å². The Morgan fingerprint density at radius 1 is 1.19 bits per heavy atom. The average molecular weight is 439 g/mol. The van der Waals surface area contributed by atoms with Crippen LogP contribution in [0.5, 0.6) is 5.88 Å². The minimum absolute atomic E-state index is 0.194. The van der Waals surface area contributed by atoms with Crippen molar-refractivity contribution in [2.24, 2.45) is 0 Å². The number of rotatable bonds is 6. The van der Waals surface area contributed by atoms with E-state index in [0.717, 1.165) is 22.2 Å². The fraction of sp³-hybridized carbons (Fsp3) is 0.364. The molecule has 0 amide bonds. The van der Waals surface area contributed by atoms with Crippen molar-refractivity contribution in [3.05, 3.63) is 42.9 Å². The normalized spacial score (nSPS) is 19.5. The van der Waals surface area contributed by atoms with Crippen LogP contribution in [0.4, 0.5) is 14.7 Å². The maximum atomic E-state index is 14.6. The highest BCUT2D eigenvalue weighted by molar-refractivity contribution is 5.89. The standard InChI is InChI=1S/C22H23F2N7O/c1-32-21-20-15(14-2-3-18-19(12-14)26-8-7-25-18)4-10-31(20)29-22(28-21)27-17-5-9-30(11-6-23)13-16(17)24/h2-4,7-8,10,12,16-17H,5-6,9,11,13H2,1H3,(H,27,29)/t16-,17-/m0/s1. The van der Waals surface area contributed by atoms with Gasteiger partial charge in [-0.1, -0.05) is 6.07 Å². The Labute approximate surface area is 183 Å². The first-order valence-corrected chi connectivity index (χ1v) is 10.5. The number of hydrogen-bond acceptors (Lipinski definition) is 7. The number of aromatic nitrogens is 5. The van der Waals surface area contributed by atoms with Crippen LogP contribution in [0, 0.1) is 0 Å². The molecule has 0 unspecified atom stereocenters. The van der Waals surface area contributed by atoms with Crippen molar-refractivity contribution in [1.82, 2.24) is 29.5 Å². The van der Waals surface area contributed by atoms with E-state index in [1.54, 1.807) is 28.9 Å². The lowest BCUT2D eigenvalue weighted by Crippen LogP contribution is -2.48. The summed E-state index contributed by atoms with van der Waals surface area (Å²) in [6.07, 6.45) is 4.54. The first-order valence-electron chi connectivity index (χ1n) is 10.5. The molecule has 0 spiro atoms. The summed E-state index contributed by atoms with van der Waals surface area (Å²) in [6.45, 7) is 0.608. The molecule has 166 valence electrons. The van der Waals surface area contributed by atoms with Gasteiger partial charge in [0.2, 0.25) is 11.8 Å². The average Bonchev–Trinajstić information content (AvgIpc) is 3.24. The van der Waals surface area contributed by atoms with Gasteiger partial charge in [0.05, 0.1) is 24.2 Å². The minimum Gasteiger partial charge on any atom is -0.479 e. The molecule has 1 aliphatic heterocycles. The number of nitrogens with one attached hydrogen (secondary N) is 1. The molecule has 1 fully saturated rings. The second-order valence-corrected chi connectivity index (χ2v) is 7.77. The number of methoxy groups -OCH3 is 1. The maximum absolute atomic E-state index is 14.6. The van der Waals surface area contributed by atoms with E-state index in [2.05, 4.69) is 25.4 Å². The fourth-order valence-corrected chi connectivity index (χ4v) is 4.18. The quantitative estimate of drug-likeness (QED) is 0.494. The molecule has 32 heavy (non-hydrogen) atoms. The van der Waals surface area contributed by atoms with Gasteiger partial charge < -0.3 is 10.1 Å². The predicted octanol–water partition coefficient (Wildman–Crippen LogP) is 3.14. The Kier molecular flexibility index (Phi) is 5.52. The number of anilines is 1. The second-order valence-electron chi connectivity index (χ2n) is 7.77. The number of hydrogen-bond donors (Lipinski definition) is 1. The molecule has 0 radical (unpaired) electrons. The fourth-order valence-electron chi connectivity index (χ4n) is 4.18. The van der Waals surface area contributed by atoms with E-state index in [4.69, 9.17) is 4.74 Å². The summed E-state index contributed by atoms with van der Waals surface area (Å²) in [5.41, 5.74) is 4.13. The van der Waals surface area contributed by atoms with Crippen molar-refractivity contribution in [1.29, 1.82) is 0 Å². The van der Waals surface area contributed by atoms with E-state index < -0.39 is 18.9 Å². The van der Waals surface area contributed by atoms with Crippen LogP contribution in [-0.4, -0.2) is 75.1 Å². The molecule has 4 aromatic rings. The molecule has 3 aromatic heterocycles. The highest BCUT2D eigenvalue weighted by Gasteiger charge is 2.30. The number of benzene rings is 1. The first kappa shape index (κ1) is 20.5. The molecule has 1 N–H and O–H groups in total.